The van der Waals surface area contributed by atoms with Gasteiger partial charge in [-0.3, -0.25) is 4.79 Å². The van der Waals surface area contributed by atoms with Crippen molar-refractivity contribution in [1.82, 2.24) is 5.32 Å². The molecule has 5 nitrogen and oxygen atoms in total. The van der Waals surface area contributed by atoms with Crippen LogP contribution in [0.2, 0.25) is 0 Å². The molecular formula is C17H18N2O3. The fourth-order valence-electron chi connectivity index (χ4n) is 1.91. The first-order valence-electron chi connectivity index (χ1n) is 6.83. The van der Waals surface area contributed by atoms with Crippen LogP contribution in [-0.2, 0) is 9.63 Å². The highest BCUT2D eigenvalue weighted by Crippen LogP contribution is 2.26. The van der Waals surface area contributed by atoms with Crippen molar-refractivity contribution < 1.29 is 14.4 Å². The van der Waals surface area contributed by atoms with E-state index in [2.05, 4.69) is 10.5 Å². The number of amides is 1. The summed E-state index contributed by atoms with van der Waals surface area (Å²) in [5.41, 5.74) is 1.87. The fraction of sp³-hybridized carbons (Fsp3) is 0.176. The topological polar surface area (TPSA) is 59.9 Å². The molecule has 0 saturated carbocycles. The smallest absolute Gasteiger partial charge is 0.273 e. The molecule has 0 spiro atoms. The van der Waals surface area contributed by atoms with Crippen LogP contribution in [0.15, 0.2) is 53.7 Å². The second kappa shape index (κ2) is 7.26. The molecule has 0 aliphatic rings. The number of para-hydroxylation sites is 1. The third-order valence-corrected chi connectivity index (χ3v) is 3.02. The van der Waals surface area contributed by atoms with E-state index in [-0.39, 0.29) is 11.6 Å². The summed E-state index contributed by atoms with van der Waals surface area (Å²) in [6.07, 6.45) is 0. The molecule has 0 fully saturated rings. The minimum absolute atomic E-state index is 0.160. The predicted octanol–water partition coefficient (Wildman–Crippen LogP) is 2.88. The normalized spacial score (nSPS) is 11.0. The lowest BCUT2D eigenvalue weighted by Gasteiger charge is -2.12. The Morgan fingerprint density at radius 2 is 1.77 bits per heavy atom. The molecule has 22 heavy (non-hydrogen) atoms. The largest absolute Gasteiger partial charge is 0.457 e. The summed E-state index contributed by atoms with van der Waals surface area (Å²) in [5, 5.41) is 6.35. The van der Waals surface area contributed by atoms with Crippen LogP contribution in [0.1, 0.15) is 11.1 Å². The third-order valence-electron chi connectivity index (χ3n) is 3.02. The molecule has 0 atom stereocenters. The van der Waals surface area contributed by atoms with E-state index in [0.717, 1.165) is 5.56 Å². The number of rotatable bonds is 5. The Hall–Kier alpha value is -2.82. The third kappa shape index (κ3) is 3.63. The van der Waals surface area contributed by atoms with Crippen LogP contribution in [0, 0.1) is 6.92 Å². The lowest BCUT2D eigenvalue weighted by Crippen LogP contribution is -2.28. The van der Waals surface area contributed by atoms with Crippen molar-refractivity contribution in [3.8, 4) is 11.5 Å². The van der Waals surface area contributed by atoms with Gasteiger partial charge in [0.1, 0.15) is 18.6 Å². The number of nitrogens with one attached hydrogen (secondary N) is 1. The maximum atomic E-state index is 12.0. The zero-order valence-corrected chi connectivity index (χ0v) is 12.8. The van der Waals surface area contributed by atoms with Gasteiger partial charge in [-0.25, -0.2) is 0 Å². The number of likely N-dealkylation sites (N-methyl/N-ethyl adjacent to an activating group) is 1. The standard InChI is InChI=1S/C17H18N2O3/c1-12-8-10-13(11-9-12)22-15-7-5-4-6-14(15)16(19-21-3)17(20)18-2/h4-11H,1-3H3,(H,18,20)/b19-16-. The number of oxime groups is 1. The number of hydrogen-bond donors (Lipinski definition) is 1. The van der Waals surface area contributed by atoms with Gasteiger partial charge in [-0.05, 0) is 31.2 Å². The lowest BCUT2D eigenvalue weighted by atomic mass is 10.1. The van der Waals surface area contributed by atoms with Crippen LogP contribution in [0.5, 0.6) is 11.5 Å². The highest BCUT2D eigenvalue weighted by molar-refractivity contribution is 6.45. The van der Waals surface area contributed by atoms with E-state index < -0.39 is 0 Å². The summed E-state index contributed by atoms with van der Waals surface area (Å²) in [7, 11) is 2.93. The zero-order chi connectivity index (χ0) is 15.9. The van der Waals surface area contributed by atoms with Gasteiger partial charge < -0.3 is 14.9 Å². The van der Waals surface area contributed by atoms with Crippen LogP contribution in [-0.4, -0.2) is 25.8 Å². The molecule has 1 amide bonds. The SMILES string of the molecule is CNC(=O)/C(=N\OC)c1ccccc1Oc1ccc(C)cc1. The summed E-state index contributed by atoms with van der Waals surface area (Å²) in [5.74, 6) is 0.874. The summed E-state index contributed by atoms with van der Waals surface area (Å²) in [6, 6.07) is 14.9. The van der Waals surface area contributed by atoms with E-state index in [4.69, 9.17) is 9.57 Å². The van der Waals surface area contributed by atoms with Crippen molar-refractivity contribution in [2.24, 2.45) is 5.16 Å². The number of ether oxygens (including phenoxy) is 1. The van der Waals surface area contributed by atoms with E-state index in [1.165, 1.54) is 14.2 Å². The lowest BCUT2D eigenvalue weighted by molar-refractivity contribution is -0.114. The molecule has 0 heterocycles. The molecule has 0 aliphatic carbocycles. The van der Waals surface area contributed by atoms with Crippen LogP contribution < -0.4 is 10.1 Å². The zero-order valence-electron chi connectivity index (χ0n) is 12.8. The van der Waals surface area contributed by atoms with E-state index >= 15 is 0 Å². The summed E-state index contributed by atoms with van der Waals surface area (Å²) in [4.78, 5) is 16.7. The number of carbonyl (C=O) groups is 1. The highest BCUT2D eigenvalue weighted by atomic mass is 16.6. The molecule has 0 aliphatic heterocycles. The van der Waals surface area contributed by atoms with E-state index in [9.17, 15) is 4.79 Å². The monoisotopic (exact) mass is 298 g/mol. The van der Waals surface area contributed by atoms with Crippen molar-refractivity contribution in [2.45, 2.75) is 6.92 Å². The second-order valence-electron chi connectivity index (χ2n) is 4.61. The van der Waals surface area contributed by atoms with Crippen LogP contribution >= 0.6 is 0 Å². The highest BCUT2D eigenvalue weighted by Gasteiger charge is 2.18. The van der Waals surface area contributed by atoms with Gasteiger partial charge in [-0.15, -0.1) is 0 Å². The van der Waals surface area contributed by atoms with Gasteiger partial charge in [-0.2, -0.15) is 0 Å². The predicted molar refractivity (Wildman–Crippen MR) is 85.3 cm³/mol. The molecule has 0 saturated heterocycles. The maximum absolute atomic E-state index is 12.0. The van der Waals surface area contributed by atoms with Crippen molar-refractivity contribution in [3.05, 3.63) is 59.7 Å². The van der Waals surface area contributed by atoms with Crippen molar-refractivity contribution in [2.75, 3.05) is 14.2 Å². The molecule has 2 aromatic rings. The van der Waals surface area contributed by atoms with Gasteiger partial charge >= 0.3 is 0 Å². The number of benzene rings is 2. The Balaban J connectivity index is 2.39. The van der Waals surface area contributed by atoms with E-state index in [1.807, 2.05) is 43.3 Å². The van der Waals surface area contributed by atoms with Crippen LogP contribution in [0.25, 0.3) is 0 Å². The molecular weight excluding hydrogens is 280 g/mol. The minimum Gasteiger partial charge on any atom is -0.457 e. The second-order valence-corrected chi connectivity index (χ2v) is 4.61. The Labute approximate surface area is 129 Å². The molecule has 2 aromatic carbocycles. The average molecular weight is 298 g/mol. The van der Waals surface area contributed by atoms with Gasteiger partial charge in [0.25, 0.3) is 5.91 Å². The first kappa shape index (κ1) is 15.6. The number of carbonyl (C=O) groups excluding carboxylic acids is 1. The Bertz CT molecular complexity index is 679. The first-order chi connectivity index (χ1) is 10.7. The maximum Gasteiger partial charge on any atom is 0.273 e. The molecule has 114 valence electrons. The minimum atomic E-state index is -0.346. The molecule has 0 unspecified atom stereocenters. The summed E-state index contributed by atoms with van der Waals surface area (Å²) in [6.45, 7) is 2.01. The summed E-state index contributed by atoms with van der Waals surface area (Å²) < 4.78 is 5.87. The van der Waals surface area contributed by atoms with Crippen LogP contribution in [0.3, 0.4) is 0 Å². The molecule has 1 N–H and O–H groups in total. The fourth-order valence-corrected chi connectivity index (χ4v) is 1.91. The molecule has 0 aromatic heterocycles. The average Bonchev–Trinajstić information content (AvgIpc) is 2.55. The number of aryl methyl sites for hydroxylation is 1. The first-order valence-corrected chi connectivity index (χ1v) is 6.83. The van der Waals surface area contributed by atoms with Gasteiger partial charge in [0.05, 0.1) is 5.56 Å². The molecule has 0 radical (unpaired) electrons. The van der Waals surface area contributed by atoms with E-state index in [1.54, 1.807) is 12.1 Å². The van der Waals surface area contributed by atoms with Crippen molar-refractivity contribution in [1.29, 1.82) is 0 Å². The quantitative estimate of drug-likeness (QED) is 0.682. The Kier molecular flexibility index (Phi) is 5.14. The van der Waals surface area contributed by atoms with Crippen molar-refractivity contribution in [3.63, 3.8) is 0 Å². The summed E-state index contributed by atoms with van der Waals surface area (Å²) >= 11 is 0. The molecule has 5 heteroatoms. The van der Waals surface area contributed by atoms with Gasteiger partial charge in [-0.1, -0.05) is 35.0 Å². The van der Waals surface area contributed by atoms with Gasteiger partial charge in [0, 0.05) is 7.05 Å². The van der Waals surface area contributed by atoms with Crippen LogP contribution in [0.4, 0.5) is 0 Å². The molecule has 2 rings (SSSR count). The van der Waals surface area contributed by atoms with Gasteiger partial charge in [0.2, 0.25) is 0 Å². The number of hydrogen-bond acceptors (Lipinski definition) is 4. The molecule has 0 bridgehead atoms. The Morgan fingerprint density at radius 3 is 2.41 bits per heavy atom. The van der Waals surface area contributed by atoms with E-state index in [0.29, 0.717) is 17.1 Å². The van der Waals surface area contributed by atoms with Gasteiger partial charge in [0.15, 0.2) is 5.71 Å². The Morgan fingerprint density at radius 1 is 1.09 bits per heavy atom. The van der Waals surface area contributed by atoms with Crippen molar-refractivity contribution >= 4 is 11.6 Å². The number of nitrogens with zero attached hydrogens (tertiary/aromatic N) is 1.